The summed E-state index contributed by atoms with van der Waals surface area (Å²) in [5, 5.41) is 9.36. The predicted octanol–water partition coefficient (Wildman–Crippen LogP) is 4.33. The Morgan fingerprint density at radius 1 is 1.08 bits per heavy atom. The van der Waals surface area contributed by atoms with Gasteiger partial charge in [0.2, 0.25) is 5.89 Å². The molecule has 126 valence electrons. The van der Waals surface area contributed by atoms with Gasteiger partial charge < -0.3 is 13.4 Å². The van der Waals surface area contributed by atoms with Crippen LogP contribution in [0.3, 0.4) is 0 Å². The predicted molar refractivity (Wildman–Crippen MR) is 94.9 cm³/mol. The first-order valence-corrected chi connectivity index (χ1v) is 8.77. The van der Waals surface area contributed by atoms with Crippen molar-refractivity contribution in [2.75, 3.05) is 0 Å². The summed E-state index contributed by atoms with van der Waals surface area (Å²) in [5.41, 5.74) is 2.79. The van der Waals surface area contributed by atoms with E-state index in [1.807, 2.05) is 54.9 Å². The number of hydrogen-bond acceptors (Lipinski definition) is 6. The van der Waals surface area contributed by atoms with Crippen LogP contribution < -0.4 is 0 Å². The van der Waals surface area contributed by atoms with Gasteiger partial charge in [0.15, 0.2) is 11.0 Å². The zero-order valence-corrected chi connectivity index (χ0v) is 14.7. The molecule has 0 saturated heterocycles. The molecule has 7 heteroatoms. The lowest BCUT2D eigenvalue weighted by atomic mass is 10.2. The van der Waals surface area contributed by atoms with Crippen molar-refractivity contribution in [3.63, 3.8) is 0 Å². The summed E-state index contributed by atoms with van der Waals surface area (Å²) in [6.45, 7) is 1.91. The van der Waals surface area contributed by atoms with Crippen LogP contribution in [0.4, 0.5) is 0 Å². The largest absolute Gasteiger partial charge is 0.469 e. The first kappa shape index (κ1) is 15.7. The fraction of sp³-hybridized carbons (Fsp3) is 0.167. The molecule has 0 N–H and O–H groups in total. The van der Waals surface area contributed by atoms with Crippen LogP contribution >= 0.6 is 11.8 Å². The van der Waals surface area contributed by atoms with Crippen molar-refractivity contribution >= 4 is 11.8 Å². The normalized spacial score (nSPS) is 11.1. The van der Waals surface area contributed by atoms with Crippen LogP contribution in [0.1, 0.15) is 11.5 Å². The molecular formula is C18H16N4O2S. The number of aromatic nitrogens is 4. The molecule has 4 rings (SSSR count). The minimum Gasteiger partial charge on any atom is -0.469 e. The van der Waals surface area contributed by atoms with Crippen LogP contribution in [-0.4, -0.2) is 19.7 Å². The Hall–Kier alpha value is -2.80. The monoisotopic (exact) mass is 352 g/mol. The number of rotatable bonds is 5. The van der Waals surface area contributed by atoms with Crippen LogP contribution in [0.5, 0.6) is 0 Å². The van der Waals surface area contributed by atoms with E-state index in [9.17, 15) is 0 Å². The highest BCUT2D eigenvalue weighted by Gasteiger charge is 2.15. The molecular weight excluding hydrogens is 336 g/mol. The van der Waals surface area contributed by atoms with E-state index >= 15 is 0 Å². The zero-order chi connectivity index (χ0) is 17.2. The van der Waals surface area contributed by atoms with E-state index in [1.54, 1.807) is 24.3 Å². The quantitative estimate of drug-likeness (QED) is 0.498. The first-order chi connectivity index (χ1) is 12.2. The molecule has 0 fully saturated rings. The van der Waals surface area contributed by atoms with Gasteiger partial charge in [0.1, 0.15) is 12.0 Å². The Balaban J connectivity index is 1.49. The van der Waals surface area contributed by atoms with E-state index in [-0.39, 0.29) is 0 Å². The molecule has 3 aromatic heterocycles. The van der Waals surface area contributed by atoms with Crippen LogP contribution in [0.25, 0.3) is 22.8 Å². The van der Waals surface area contributed by atoms with Crippen molar-refractivity contribution in [3.8, 4) is 22.8 Å². The summed E-state index contributed by atoms with van der Waals surface area (Å²) in [7, 11) is 1.95. The summed E-state index contributed by atoms with van der Waals surface area (Å²) < 4.78 is 12.9. The highest BCUT2D eigenvalue weighted by Crippen LogP contribution is 2.28. The number of furan rings is 1. The van der Waals surface area contributed by atoms with Gasteiger partial charge in [0, 0.05) is 18.4 Å². The van der Waals surface area contributed by atoms with Crippen LogP contribution in [0, 0.1) is 6.92 Å². The second kappa shape index (κ2) is 6.60. The van der Waals surface area contributed by atoms with Gasteiger partial charge in [-0.15, -0.1) is 10.2 Å². The molecule has 0 atom stereocenters. The lowest BCUT2D eigenvalue weighted by molar-refractivity contribution is 0.534. The molecule has 0 saturated carbocycles. The molecule has 0 amide bonds. The summed E-state index contributed by atoms with van der Waals surface area (Å²) >= 11 is 1.57. The summed E-state index contributed by atoms with van der Waals surface area (Å²) in [5.74, 6) is 2.91. The van der Waals surface area contributed by atoms with E-state index in [0.29, 0.717) is 11.6 Å². The van der Waals surface area contributed by atoms with Gasteiger partial charge in [0.05, 0.1) is 17.5 Å². The third-order valence-corrected chi connectivity index (χ3v) is 4.91. The van der Waals surface area contributed by atoms with Crippen LogP contribution in [-0.2, 0) is 12.8 Å². The lowest BCUT2D eigenvalue weighted by Crippen LogP contribution is -1.95. The topological polar surface area (TPSA) is 69.9 Å². The maximum absolute atomic E-state index is 5.57. The van der Waals surface area contributed by atoms with E-state index < -0.39 is 0 Å². The van der Waals surface area contributed by atoms with Crippen molar-refractivity contribution < 1.29 is 8.83 Å². The van der Waals surface area contributed by atoms with E-state index in [0.717, 1.165) is 33.6 Å². The Kier molecular flexibility index (Phi) is 4.15. The van der Waals surface area contributed by atoms with Gasteiger partial charge in [-0.05, 0) is 25.1 Å². The Morgan fingerprint density at radius 3 is 2.68 bits per heavy atom. The Bertz CT molecular complexity index is 988. The fourth-order valence-corrected chi connectivity index (χ4v) is 3.31. The first-order valence-electron chi connectivity index (χ1n) is 7.79. The molecule has 0 aliphatic carbocycles. The molecule has 6 nitrogen and oxygen atoms in total. The Morgan fingerprint density at radius 2 is 1.92 bits per heavy atom. The molecule has 0 spiro atoms. The maximum atomic E-state index is 5.57. The summed E-state index contributed by atoms with van der Waals surface area (Å²) in [4.78, 5) is 4.54. The number of thioether (sulfide) groups is 1. The molecule has 1 aromatic carbocycles. The number of nitrogens with zero attached hydrogens (tertiary/aromatic N) is 4. The average Bonchev–Trinajstić information content (AvgIpc) is 3.35. The SMILES string of the molecule is Cc1occc1-c1nnc(SCc2coc(-c3ccccc3)n2)n1C. The van der Waals surface area contributed by atoms with E-state index in [1.165, 1.54) is 0 Å². The van der Waals surface area contributed by atoms with Gasteiger partial charge >= 0.3 is 0 Å². The van der Waals surface area contributed by atoms with Gasteiger partial charge in [-0.1, -0.05) is 30.0 Å². The maximum Gasteiger partial charge on any atom is 0.226 e. The number of hydrogen-bond donors (Lipinski definition) is 0. The molecule has 3 heterocycles. The van der Waals surface area contributed by atoms with Gasteiger partial charge in [-0.2, -0.15) is 0 Å². The number of aryl methyl sites for hydroxylation is 1. The molecule has 0 unspecified atom stereocenters. The van der Waals surface area contributed by atoms with Gasteiger partial charge in [0.25, 0.3) is 0 Å². The molecule has 25 heavy (non-hydrogen) atoms. The second-order valence-corrected chi connectivity index (χ2v) is 6.50. The molecule has 0 radical (unpaired) electrons. The number of benzene rings is 1. The van der Waals surface area contributed by atoms with Crippen LogP contribution in [0.15, 0.2) is 62.9 Å². The van der Waals surface area contributed by atoms with Crippen molar-refractivity contribution in [1.29, 1.82) is 0 Å². The summed E-state index contributed by atoms with van der Waals surface area (Å²) in [6, 6.07) is 11.8. The third-order valence-electron chi connectivity index (χ3n) is 3.86. The highest BCUT2D eigenvalue weighted by molar-refractivity contribution is 7.98. The van der Waals surface area contributed by atoms with Crippen molar-refractivity contribution in [2.24, 2.45) is 7.05 Å². The van der Waals surface area contributed by atoms with Crippen molar-refractivity contribution in [2.45, 2.75) is 17.8 Å². The Labute approximate surface area is 148 Å². The lowest BCUT2D eigenvalue weighted by Gasteiger charge is -2.01. The van der Waals surface area contributed by atoms with Crippen LogP contribution in [0.2, 0.25) is 0 Å². The fourth-order valence-electron chi connectivity index (χ4n) is 2.52. The van der Waals surface area contributed by atoms with Crippen molar-refractivity contribution in [3.05, 3.63) is 60.4 Å². The number of oxazole rings is 1. The standard InChI is InChI=1S/C18H16N4O2S/c1-12-15(8-9-23-12)16-20-21-18(22(16)2)25-11-14-10-24-17(19-14)13-6-4-3-5-7-13/h3-10H,11H2,1-2H3. The third kappa shape index (κ3) is 3.10. The minimum absolute atomic E-state index is 0.629. The highest BCUT2D eigenvalue weighted by atomic mass is 32.2. The van der Waals surface area contributed by atoms with Gasteiger partial charge in [-0.25, -0.2) is 4.98 Å². The van der Waals surface area contributed by atoms with Gasteiger partial charge in [-0.3, -0.25) is 0 Å². The zero-order valence-electron chi connectivity index (χ0n) is 13.8. The van der Waals surface area contributed by atoms with E-state index in [2.05, 4.69) is 15.2 Å². The van der Waals surface area contributed by atoms with Crippen molar-refractivity contribution in [1.82, 2.24) is 19.7 Å². The molecule has 0 bridgehead atoms. The second-order valence-electron chi connectivity index (χ2n) is 5.55. The van der Waals surface area contributed by atoms with E-state index in [4.69, 9.17) is 8.83 Å². The average molecular weight is 352 g/mol. The minimum atomic E-state index is 0.629. The molecule has 0 aliphatic heterocycles. The molecule has 0 aliphatic rings. The summed E-state index contributed by atoms with van der Waals surface area (Å²) in [6.07, 6.45) is 3.35. The smallest absolute Gasteiger partial charge is 0.226 e. The molecule has 4 aromatic rings.